The van der Waals surface area contributed by atoms with Gasteiger partial charge in [-0.1, -0.05) is 65.2 Å². The number of aliphatic hydroxyl groups is 2. The second kappa shape index (κ2) is 17.2. The standard InChI is InChI=1S/C10H22.C2H7NO3/c1-3-5-7-9-10-8-6-4-2;4-2(5)1-3-6/h3-10H2,1-2H3;2,4-5H,1,3H2. The number of hydroxylamine groups is 1. The molecule has 0 bridgehead atoms. The molecule has 0 atom stereocenters. The Morgan fingerprint density at radius 1 is 0.875 bits per heavy atom. The zero-order valence-electron chi connectivity index (χ0n) is 10.8. The van der Waals surface area contributed by atoms with Crippen LogP contribution in [0.25, 0.3) is 0 Å². The van der Waals surface area contributed by atoms with Gasteiger partial charge in [-0.15, -0.1) is 0 Å². The lowest BCUT2D eigenvalue weighted by molar-refractivity contribution is -0.604. The van der Waals surface area contributed by atoms with Crippen LogP contribution in [0.4, 0.5) is 0 Å². The van der Waals surface area contributed by atoms with Gasteiger partial charge in [0.25, 0.3) is 0 Å². The first-order chi connectivity index (χ1) is 7.68. The van der Waals surface area contributed by atoms with E-state index in [-0.39, 0.29) is 6.54 Å². The molecular weight excluding hydrogens is 206 g/mol. The lowest BCUT2D eigenvalue weighted by Crippen LogP contribution is -2.79. The summed E-state index contributed by atoms with van der Waals surface area (Å²) >= 11 is 0. The van der Waals surface area contributed by atoms with Gasteiger partial charge in [0.2, 0.25) is 6.29 Å². The smallest absolute Gasteiger partial charge is 0.202 e. The van der Waals surface area contributed by atoms with Gasteiger partial charge in [0.05, 0.1) is 0 Å². The van der Waals surface area contributed by atoms with Crippen molar-refractivity contribution in [2.45, 2.75) is 71.5 Å². The minimum atomic E-state index is -1.47. The maximum Gasteiger partial charge on any atom is 0.202 e. The first-order valence-electron chi connectivity index (χ1n) is 6.48. The van der Waals surface area contributed by atoms with Crippen molar-refractivity contribution in [3.63, 3.8) is 0 Å². The average molecular weight is 235 g/mol. The molecule has 0 heterocycles. The molecule has 0 unspecified atom stereocenters. The normalized spacial score (nSPS) is 10.1. The van der Waals surface area contributed by atoms with Gasteiger partial charge in [0, 0.05) is 0 Å². The van der Waals surface area contributed by atoms with E-state index >= 15 is 0 Å². The molecule has 0 aliphatic rings. The lowest BCUT2D eigenvalue weighted by Gasteiger charge is -2.00. The van der Waals surface area contributed by atoms with E-state index in [0.29, 0.717) is 5.48 Å². The van der Waals surface area contributed by atoms with Gasteiger partial charge in [-0.2, -0.15) is 0 Å². The predicted molar refractivity (Wildman–Crippen MR) is 66.7 cm³/mol. The first kappa shape index (κ1) is 18.2. The van der Waals surface area contributed by atoms with Crippen molar-refractivity contribution < 1.29 is 15.7 Å². The summed E-state index contributed by atoms with van der Waals surface area (Å²) in [5, 5.41) is 25.0. The van der Waals surface area contributed by atoms with Crippen LogP contribution in [0.3, 0.4) is 0 Å². The van der Waals surface area contributed by atoms with Crippen molar-refractivity contribution in [2.24, 2.45) is 0 Å². The van der Waals surface area contributed by atoms with Gasteiger partial charge in [-0.05, 0) is 0 Å². The number of aliphatic hydroxyl groups excluding tert-OH is 1. The molecule has 0 aromatic heterocycles. The predicted octanol–water partition coefficient (Wildman–Crippen LogP) is 1.51. The number of unbranched alkanes of at least 4 members (excludes halogenated alkanes) is 7. The van der Waals surface area contributed by atoms with E-state index in [1.165, 1.54) is 51.4 Å². The van der Waals surface area contributed by atoms with Crippen LogP contribution in [-0.4, -0.2) is 23.0 Å². The Morgan fingerprint density at radius 3 is 1.44 bits per heavy atom. The lowest BCUT2D eigenvalue weighted by atomic mass is 10.1. The largest absolute Gasteiger partial charge is 0.636 e. The van der Waals surface area contributed by atoms with Crippen LogP contribution in [0.2, 0.25) is 0 Å². The topological polar surface area (TPSA) is 80.1 Å². The van der Waals surface area contributed by atoms with Crippen molar-refractivity contribution in [3.05, 3.63) is 5.21 Å². The third-order valence-corrected chi connectivity index (χ3v) is 2.26. The molecule has 0 aromatic carbocycles. The van der Waals surface area contributed by atoms with E-state index in [9.17, 15) is 5.21 Å². The van der Waals surface area contributed by atoms with Crippen LogP contribution in [0.1, 0.15) is 65.2 Å². The summed E-state index contributed by atoms with van der Waals surface area (Å²) in [6.07, 6.45) is 9.99. The average Bonchev–Trinajstić information content (AvgIpc) is 2.24. The molecule has 16 heavy (non-hydrogen) atoms. The van der Waals surface area contributed by atoms with Crippen molar-refractivity contribution in [3.8, 4) is 0 Å². The fourth-order valence-corrected chi connectivity index (χ4v) is 1.29. The van der Waals surface area contributed by atoms with E-state index in [0.717, 1.165) is 0 Å². The molecule has 0 spiro atoms. The number of hydrogen-bond acceptors (Lipinski definition) is 3. The summed E-state index contributed by atoms with van der Waals surface area (Å²) in [5.74, 6) is 0. The highest BCUT2D eigenvalue weighted by Crippen LogP contribution is 2.07. The molecule has 0 amide bonds. The molecule has 0 saturated heterocycles. The molecule has 0 aliphatic heterocycles. The highest BCUT2D eigenvalue weighted by Gasteiger charge is 1.90. The zero-order valence-corrected chi connectivity index (χ0v) is 10.8. The summed E-state index contributed by atoms with van der Waals surface area (Å²) in [7, 11) is 0. The Hall–Kier alpha value is -0.160. The van der Waals surface area contributed by atoms with Crippen molar-refractivity contribution >= 4 is 0 Å². The van der Waals surface area contributed by atoms with E-state index in [1.807, 2.05) is 0 Å². The summed E-state index contributed by atoms with van der Waals surface area (Å²) in [6, 6.07) is 0. The van der Waals surface area contributed by atoms with Gasteiger partial charge in [0.15, 0.2) is 0 Å². The maximum absolute atomic E-state index is 9.30. The number of hydrogen-bond donors (Lipinski definition) is 3. The minimum absolute atomic E-state index is 0.194. The molecule has 4 N–H and O–H groups in total. The minimum Gasteiger partial charge on any atom is -0.636 e. The molecule has 0 aromatic rings. The van der Waals surface area contributed by atoms with E-state index < -0.39 is 6.29 Å². The maximum atomic E-state index is 9.30. The third kappa shape index (κ3) is 23.6. The van der Waals surface area contributed by atoms with E-state index in [2.05, 4.69) is 13.8 Å². The summed E-state index contributed by atoms with van der Waals surface area (Å²) < 4.78 is 0. The van der Waals surface area contributed by atoms with Crippen molar-refractivity contribution in [1.29, 1.82) is 0 Å². The Kier molecular flexibility index (Phi) is 19.6. The monoisotopic (exact) mass is 235 g/mol. The number of quaternary nitrogens is 1. The van der Waals surface area contributed by atoms with Crippen LogP contribution in [0, 0.1) is 5.21 Å². The van der Waals surface area contributed by atoms with Crippen molar-refractivity contribution in [1.82, 2.24) is 0 Å². The molecule has 0 saturated carbocycles. The number of rotatable bonds is 9. The van der Waals surface area contributed by atoms with Crippen molar-refractivity contribution in [2.75, 3.05) is 6.54 Å². The van der Waals surface area contributed by atoms with Crippen LogP contribution in [0.5, 0.6) is 0 Å². The van der Waals surface area contributed by atoms with Crippen LogP contribution in [-0.2, 0) is 0 Å². The second-order valence-electron chi connectivity index (χ2n) is 4.00. The van der Waals surface area contributed by atoms with Gasteiger partial charge >= 0.3 is 0 Å². The SMILES string of the molecule is CCCCCCCCCC.[O-][NH2+]CC(O)O. The molecule has 4 heteroatoms. The first-order valence-corrected chi connectivity index (χ1v) is 6.48. The quantitative estimate of drug-likeness (QED) is 0.322. The van der Waals surface area contributed by atoms with Crippen LogP contribution in [0.15, 0.2) is 0 Å². The highest BCUT2D eigenvalue weighted by molar-refractivity contribution is 4.43. The molecule has 0 rings (SSSR count). The summed E-state index contributed by atoms with van der Waals surface area (Å²) in [5.41, 5.74) is 0.449. The Bertz CT molecular complexity index is 102. The Morgan fingerprint density at radius 2 is 1.25 bits per heavy atom. The summed E-state index contributed by atoms with van der Waals surface area (Å²) in [4.78, 5) is 0. The summed E-state index contributed by atoms with van der Waals surface area (Å²) in [6.45, 7) is 4.35. The molecule has 0 aliphatic carbocycles. The molecule has 0 fully saturated rings. The van der Waals surface area contributed by atoms with Gasteiger partial charge in [-0.25, -0.2) is 0 Å². The Balaban J connectivity index is 0. The fraction of sp³-hybridized carbons (Fsp3) is 1.00. The third-order valence-electron chi connectivity index (χ3n) is 2.26. The van der Waals surface area contributed by atoms with Gasteiger partial charge in [0.1, 0.15) is 6.54 Å². The van der Waals surface area contributed by atoms with Gasteiger partial charge in [-0.3, -0.25) is 0 Å². The Labute approximate surface area is 99.6 Å². The van der Waals surface area contributed by atoms with E-state index in [4.69, 9.17) is 10.2 Å². The van der Waals surface area contributed by atoms with Gasteiger partial charge < -0.3 is 20.9 Å². The highest BCUT2D eigenvalue weighted by atomic mass is 16.5. The molecular formula is C12H29NO3. The molecule has 4 nitrogen and oxygen atoms in total. The number of nitrogens with two attached hydrogens (primary N) is 1. The zero-order chi connectivity index (χ0) is 12.6. The van der Waals surface area contributed by atoms with E-state index in [1.54, 1.807) is 0 Å². The van der Waals surface area contributed by atoms with Crippen LogP contribution < -0.4 is 5.48 Å². The fourth-order valence-electron chi connectivity index (χ4n) is 1.29. The molecule has 0 radical (unpaired) electrons. The second-order valence-corrected chi connectivity index (χ2v) is 4.00. The van der Waals surface area contributed by atoms with Crippen LogP contribution >= 0.6 is 0 Å². The molecule has 100 valence electrons.